The van der Waals surface area contributed by atoms with Crippen molar-refractivity contribution < 1.29 is 23.9 Å². The van der Waals surface area contributed by atoms with Gasteiger partial charge >= 0.3 is 0 Å². The van der Waals surface area contributed by atoms with Crippen LogP contribution in [0.25, 0.3) is 0 Å². The molecule has 0 aromatic heterocycles. The average molecular weight is 496 g/mol. The molecule has 2 aromatic carbocycles. The molecule has 1 unspecified atom stereocenters. The number of nitrogens with zero attached hydrogens (tertiary/aromatic N) is 1. The highest BCUT2D eigenvalue weighted by Crippen LogP contribution is 2.35. The van der Waals surface area contributed by atoms with E-state index >= 15 is 0 Å². The van der Waals surface area contributed by atoms with Crippen molar-refractivity contribution in [3.05, 3.63) is 69.7 Å². The van der Waals surface area contributed by atoms with Crippen LogP contribution in [0.3, 0.4) is 0 Å². The fraction of sp³-hybridized carbons (Fsp3) is 0.385. The fourth-order valence-corrected chi connectivity index (χ4v) is 5.31. The van der Waals surface area contributed by atoms with Gasteiger partial charge in [0.1, 0.15) is 6.04 Å². The minimum atomic E-state index is -0.683. The molecule has 9 heteroatoms. The van der Waals surface area contributed by atoms with Crippen LogP contribution in [0.2, 0.25) is 5.02 Å². The Morgan fingerprint density at radius 3 is 2.57 bits per heavy atom. The van der Waals surface area contributed by atoms with Crippen molar-refractivity contribution >= 4 is 35.2 Å². The standard InChI is InChI=1S/C26H26ClN3O5/c27-19-5-3-18(4-6-19)26(9-11-35-12-10-26)15-28-23(32)16-1-2-17-14-30(25(34)20(17)13-16)21-7-8-22(31)29-24(21)33/h1-6,13,21H,7-12,14-15H2,(H,28,32)(H,29,31,33). The molecule has 3 aliphatic heterocycles. The average Bonchev–Trinajstić information content (AvgIpc) is 3.19. The van der Waals surface area contributed by atoms with Gasteiger partial charge in [0.05, 0.1) is 0 Å². The first kappa shape index (κ1) is 23.5. The van der Waals surface area contributed by atoms with Gasteiger partial charge in [0.25, 0.3) is 11.8 Å². The molecule has 0 bridgehead atoms. The zero-order valence-electron chi connectivity index (χ0n) is 19.1. The van der Waals surface area contributed by atoms with E-state index < -0.39 is 11.9 Å². The van der Waals surface area contributed by atoms with Gasteiger partial charge in [-0.2, -0.15) is 0 Å². The Labute approximate surface area is 208 Å². The summed E-state index contributed by atoms with van der Waals surface area (Å²) in [5.41, 5.74) is 2.42. The summed E-state index contributed by atoms with van der Waals surface area (Å²) in [7, 11) is 0. The topological polar surface area (TPSA) is 105 Å². The number of piperidine rings is 1. The van der Waals surface area contributed by atoms with Crippen LogP contribution in [0.1, 0.15) is 57.5 Å². The van der Waals surface area contributed by atoms with Crippen LogP contribution in [-0.2, 0) is 26.3 Å². The Kier molecular flexibility index (Phi) is 6.34. The summed E-state index contributed by atoms with van der Waals surface area (Å²) in [4.78, 5) is 51.4. The molecule has 182 valence electrons. The lowest BCUT2D eigenvalue weighted by molar-refractivity contribution is -0.136. The number of carbonyl (C=O) groups excluding carboxylic acids is 4. The second kappa shape index (κ2) is 9.43. The van der Waals surface area contributed by atoms with Gasteiger partial charge in [-0.1, -0.05) is 29.8 Å². The van der Waals surface area contributed by atoms with Gasteiger partial charge < -0.3 is 15.0 Å². The first-order chi connectivity index (χ1) is 16.9. The third-order valence-corrected chi connectivity index (χ3v) is 7.54. The Bertz CT molecular complexity index is 1190. The number of hydrogen-bond donors (Lipinski definition) is 2. The second-order valence-corrected chi connectivity index (χ2v) is 9.79. The van der Waals surface area contributed by atoms with Crippen LogP contribution >= 0.6 is 11.6 Å². The van der Waals surface area contributed by atoms with E-state index in [1.165, 1.54) is 4.90 Å². The maximum atomic E-state index is 13.1. The molecule has 2 fully saturated rings. The Hall–Kier alpha value is -3.23. The first-order valence-electron chi connectivity index (χ1n) is 11.8. The zero-order chi connectivity index (χ0) is 24.6. The van der Waals surface area contributed by atoms with Crippen molar-refractivity contribution in [2.24, 2.45) is 0 Å². The highest BCUT2D eigenvalue weighted by molar-refractivity contribution is 6.30. The van der Waals surface area contributed by atoms with Crippen LogP contribution in [0.15, 0.2) is 42.5 Å². The van der Waals surface area contributed by atoms with E-state index in [9.17, 15) is 19.2 Å². The Morgan fingerprint density at radius 1 is 1.11 bits per heavy atom. The van der Waals surface area contributed by atoms with Crippen LogP contribution in [0.5, 0.6) is 0 Å². The molecule has 5 rings (SSSR count). The summed E-state index contributed by atoms with van der Waals surface area (Å²) in [6, 6.07) is 12.1. The van der Waals surface area contributed by atoms with Crippen LogP contribution < -0.4 is 10.6 Å². The number of fused-ring (bicyclic) bond motifs is 1. The number of ether oxygens (including phenoxy) is 1. The predicted octanol–water partition coefficient (Wildman–Crippen LogP) is 2.58. The molecule has 1 atom stereocenters. The van der Waals surface area contributed by atoms with Crippen LogP contribution in [0.4, 0.5) is 0 Å². The minimum absolute atomic E-state index is 0.199. The fourth-order valence-electron chi connectivity index (χ4n) is 5.18. The predicted molar refractivity (Wildman–Crippen MR) is 128 cm³/mol. The quantitative estimate of drug-likeness (QED) is 0.620. The van der Waals surface area contributed by atoms with Gasteiger partial charge in [-0.3, -0.25) is 24.5 Å². The van der Waals surface area contributed by atoms with E-state index in [0.717, 1.165) is 24.0 Å². The third kappa shape index (κ3) is 4.56. The molecule has 0 saturated carbocycles. The van der Waals surface area contributed by atoms with Gasteiger partial charge in [-0.15, -0.1) is 0 Å². The molecule has 2 saturated heterocycles. The molecule has 2 aromatic rings. The van der Waals surface area contributed by atoms with E-state index in [4.69, 9.17) is 16.3 Å². The number of carbonyl (C=O) groups is 4. The van der Waals surface area contributed by atoms with Gasteiger partial charge in [-0.05, 0) is 54.7 Å². The summed E-state index contributed by atoms with van der Waals surface area (Å²) in [5.74, 6) is -1.34. The van der Waals surface area contributed by atoms with Crippen molar-refractivity contribution in [3.63, 3.8) is 0 Å². The van der Waals surface area contributed by atoms with E-state index in [0.29, 0.717) is 42.3 Å². The van der Waals surface area contributed by atoms with Crippen molar-refractivity contribution in [1.29, 1.82) is 0 Å². The number of imide groups is 1. The second-order valence-electron chi connectivity index (χ2n) is 9.35. The van der Waals surface area contributed by atoms with Gasteiger partial charge in [0.2, 0.25) is 11.8 Å². The van der Waals surface area contributed by atoms with Crippen molar-refractivity contribution in [1.82, 2.24) is 15.5 Å². The monoisotopic (exact) mass is 495 g/mol. The number of nitrogens with one attached hydrogen (secondary N) is 2. The number of benzene rings is 2. The largest absolute Gasteiger partial charge is 0.381 e. The minimum Gasteiger partial charge on any atom is -0.381 e. The Morgan fingerprint density at radius 2 is 1.86 bits per heavy atom. The summed E-state index contributed by atoms with van der Waals surface area (Å²) in [5, 5.41) is 6.02. The summed E-state index contributed by atoms with van der Waals surface area (Å²) in [6.07, 6.45) is 2.05. The van der Waals surface area contributed by atoms with Crippen molar-refractivity contribution in [2.45, 2.75) is 43.7 Å². The molecule has 4 amide bonds. The van der Waals surface area contributed by atoms with Crippen molar-refractivity contribution in [2.75, 3.05) is 19.8 Å². The Balaban J connectivity index is 1.30. The highest BCUT2D eigenvalue weighted by atomic mass is 35.5. The lowest BCUT2D eigenvalue weighted by atomic mass is 9.74. The molecular weight excluding hydrogens is 470 g/mol. The number of rotatable bonds is 5. The third-order valence-electron chi connectivity index (χ3n) is 7.28. The van der Waals surface area contributed by atoms with E-state index in [2.05, 4.69) is 10.6 Å². The zero-order valence-corrected chi connectivity index (χ0v) is 19.9. The number of amides is 4. The van der Waals surface area contributed by atoms with Crippen molar-refractivity contribution in [3.8, 4) is 0 Å². The smallest absolute Gasteiger partial charge is 0.255 e. The molecular formula is C26H26ClN3O5. The molecule has 2 N–H and O–H groups in total. The maximum Gasteiger partial charge on any atom is 0.255 e. The number of halogens is 1. The van der Waals surface area contributed by atoms with E-state index in [1.807, 2.05) is 24.3 Å². The highest BCUT2D eigenvalue weighted by Gasteiger charge is 2.39. The van der Waals surface area contributed by atoms with Gasteiger partial charge in [-0.25, -0.2) is 0 Å². The van der Waals surface area contributed by atoms with Crippen LogP contribution in [-0.4, -0.2) is 54.3 Å². The van der Waals surface area contributed by atoms with E-state index in [1.54, 1.807) is 18.2 Å². The lowest BCUT2D eigenvalue weighted by Gasteiger charge is -2.38. The molecule has 0 spiro atoms. The SMILES string of the molecule is O=C1CCC(N2Cc3ccc(C(=O)NCC4(c5ccc(Cl)cc5)CCOCC4)cc3C2=O)C(=O)N1. The number of hydrogen-bond acceptors (Lipinski definition) is 5. The molecule has 35 heavy (non-hydrogen) atoms. The summed E-state index contributed by atoms with van der Waals surface area (Å²) < 4.78 is 5.57. The van der Waals surface area contributed by atoms with Crippen LogP contribution in [0, 0.1) is 0 Å². The summed E-state index contributed by atoms with van der Waals surface area (Å²) >= 11 is 6.07. The molecule has 3 heterocycles. The van der Waals surface area contributed by atoms with Gasteiger partial charge in [0, 0.05) is 54.3 Å². The normalized spacial score (nSPS) is 21.5. The maximum absolute atomic E-state index is 13.1. The molecule has 3 aliphatic rings. The summed E-state index contributed by atoms with van der Waals surface area (Å²) in [6.45, 7) is 1.94. The molecule has 0 radical (unpaired) electrons. The lowest BCUT2D eigenvalue weighted by Crippen LogP contribution is -2.52. The molecule has 8 nitrogen and oxygen atoms in total. The van der Waals surface area contributed by atoms with Gasteiger partial charge in [0.15, 0.2) is 0 Å². The first-order valence-corrected chi connectivity index (χ1v) is 12.1. The molecule has 0 aliphatic carbocycles. The van der Waals surface area contributed by atoms with E-state index in [-0.39, 0.29) is 36.1 Å².